The summed E-state index contributed by atoms with van der Waals surface area (Å²) < 4.78 is 2.50. The second-order valence-corrected chi connectivity index (χ2v) is 7.05. The van der Waals surface area contributed by atoms with Gasteiger partial charge in [-0.15, -0.1) is 0 Å². The number of aromatic nitrogens is 1. The Morgan fingerprint density at radius 3 is 2.67 bits per heavy atom. The number of nitrogens with zero attached hydrogens (tertiary/aromatic N) is 1. The maximum Gasteiger partial charge on any atom is 0.0485 e. The first-order valence-electron chi connectivity index (χ1n) is 8.38. The number of rotatable bonds is 6. The molecule has 1 saturated carbocycles. The number of hydrogen-bond acceptors (Lipinski definition) is 1. The molecule has 0 amide bonds. The maximum absolute atomic E-state index is 3.61. The normalized spacial score (nSPS) is 15.3. The summed E-state index contributed by atoms with van der Waals surface area (Å²) in [4.78, 5) is 0. The number of fused-ring (bicyclic) bond motifs is 1. The van der Waals surface area contributed by atoms with Crippen molar-refractivity contribution in [3.05, 3.63) is 35.0 Å². The van der Waals surface area contributed by atoms with Crippen molar-refractivity contribution >= 4 is 10.9 Å². The van der Waals surface area contributed by atoms with Gasteiger partial charge < -0.3 is 9.88 Å². The van der Waals surface area contributed by atoms with Crippen LogP contribution in [-0.4, -0.2) is 10.6 Å². The summed E-state index contributed by atoms with van der Waals surface area (Å²) >= 11 is 0. The molecule has 0 saturated heterocycles. The second kappa shape index (κ2) is 5.84. The third-order valence-electron chi connectivity index (χ3n) is 4.81. The Morgan fingerprint density at radius 1 is 1.24 bits per heavy atom. The molecular formula is C19H28N2. The highest BCUT2D eigenvalue weighted by molar-refractivity contribution is 5.86. The molecule has 0 radical (unpaired) electrons. The molecule has 21 heavy (non-hydrogen) atoms. The first-order chi connectivity index (χ1) is 10.1. The van der Waals surface area contributed by atoms with E-state index in [2.05, 4.69) is 55.8 Å². The Morgan fingerprint density at radius 2 is 2.00 bits per heavy atom. The van der Waals surface area contributed by atoms with Crippen molar-refractivity contribution in [1.82, 2.24) is 9.88 Å². The fraction of sp³-hybridized carbons (Fsp3) is 0.579. The minimum atomic E-state index is 0.754. The largest absolute Gasteiger partial charge is 0.345 e. The molecule has 0 spiro atoms. The van der Waals surface area contributed by atoms with Gasteiger partial charge >= 0.3 is 0 Å². The van der Waals surface area contributed by atoms with Gasteiger partial charge in [0.25, 0.3) is 0 Å². The van der Waals surface area contributed by atoms with Gasteiger partial charge in [0.15, 0.2) is 0 Å². The van der Waals surface area contributed by atoms with E-state index in [4.69, 9.17) is 0 Å². The number of nitrogens with one attached hydrogen (secondary N) is 1. The minimum absolute atomic E-state index is 0.754. The van der Waals surface area contributed by atoms with Crippen LogP contribution in [0.5, 0.6) is 0 Å². The van der Waals surface area contributed by atoms with Gasteiger partial charge in [-0.05, 0) is 62.3 Å². The van der Waals surface area contributed by atoms with E-state index in [0.717, 1.165) is 25.0 Å². The van der Waals surface area contributed by atoms with Crippen molar-refractivity contribution in [2.45, 2.75) is 66.1 Å². The molecule has 0 unspecified atom stereocenters. The lowest BCUT2D eigenvalue weighted by Gasteiger charge is -2.11. The van der Waals surface area contributed by atoms with Gasteiger partial charge in [-0.25, -0.2) is 0 Å². The van der Waals surface area contributed by atoms with Gasteiger partial charge in [0, 0.05) is 35.7 Å². The summed E-state index contributed by atoms with van der Waals surface area (Å²) in [5, 5.41) is 5.05. The average Bonchev–Trinajstić information content (AvgIpc) is 3.25. The molecule has 1 aromatic heterocycles. The fourth-order valence-electron chi connectivity index (χ4n) is 3.03. The highest BCUT2D eigenvalue weighted by Gasteiger charge is 2.20. The Balaban J connectivity index is 1.87. The zero-order valence-electron chi connectivity index (χ0n) is 13.9. The van der Waals surface area contributed by atoms with Gasteiger partial charge in [0.1, 0.15) is 0 Å². The van der Waals surface area contributed by atoms with E-state index in [1.807, 2.05) is 0 Å². The van der Waals surface area contributed by atoms with E-state index in [-0.39, 0.29) is 0 Å². The Kier molecular flexibility index (Phi) is 4.08. The first-order valence-corrected chi connectivity index (χ1v) is 8.38. The fourth-order valence-corrected chi connectivity index (χ4v) is 3.03. The molecule has 0 atom stereocenters. The highest BCUT2D eigenvalue weighted by atomic mass is 15.0. The summed E-state index contributed by atoms with van der Waals surface area (Å²) in [6, 6.07) is 7.78. The van der Waals surface area contributed by atoms with E-state index < -0.39 is 0 Å². The van der Waals surface area contributed by atoms with Gasteiger partial charge in [0.05, 0.1) is 0 Å². The molecule has 1 fully saturated rings. The van der Waals surface area contributed by atoms with Gasteiger partial charge in [-0.2, -0.15) is 0 Å². The van der Waals surface area contributed by atoms with E-state index in [0.29, 0.717) is 0 Å². The van der Waals surface area contributed by atoms with E-state index in [1.165, 1.54) is 47.0 Å². The van der Waals surface area contributed by atoms with E-state index in [9.17, 15) is 0 Å². The van der Waals surface area contributed by atoms with Crippen LogP contribution < -0.4 is 5.32 Å². The zero-order valence-corrected chi connectivity index (χ0v) is 13.9. The highest BCUT2D eigenvalue weighted by Crippen LogP contribution is 2.27. The molecule has 2 nitrogen and oxygen atoms in total. The van der Waals surface area contributed by atoms with Crippen molar-refractivity contribution in [3.63, 3.8) is 0 Å². The summed E-state index contributed by atoms with van der Waals surface area (Å²) in [5.41, 5.74) is 5.69. The van der Waals surface area contributed by atoms with Crippen LogP contribution in [0.25, 0.3) is 10.9 Å². The molecule has 1 aromatic carbocycles. The van der Waals surface area contributed by atoms with Crippen LogP contribution in [0, 0.1) is 19.8 Å². The van der Waals surface area contributed by atoms with Gasteiger partial charge in [-0.1, -0.05) is 19.9 Å². The van der Waals surface area contributed by atoms with Crippen LogP contribution >= 0.6 is 0 Å². The maximum atomic E-state index is 3.61. The molecule has 1 heterocycles. The molecule has 3 rings (SSSR count). The Bertz CT molecular complexity index is 633. The van der Waals surface area contributed by atoms with Crippen molar-refractivity contribution in [1.29, 1.82) is 0 Å². The van der Waals surface area contributed by atoms with Crippen LogP contribution in [0.15, 0.2) is 18.2 Å². The SMILES string of the molecule is Cc1c(C)n(CCC(C)C)c2ccc(CNC3CC3)cc12. The quantitative estimate of drug-likeness (QED) is 0.823. The number of aryl methyl sites for hydroxylation is 2. The summed E-state index contributed by atoms with van der Waals surface area (Å²) in [6.45, 7) is 11.3. The molecule has 0 aliphatic heterocycles. The summed E-state index contributed by atoms with van der Waals surface area (Å²) in [5.74, 6) is 0.754. The molecule has 2 aromatic rings. The average molecular weight is 284 g/mol. The van der Waals surface area contributed by atoms with Crippen LogP contribution in [-0.2, 0) is 13.1 Å². The van der Waals surface area contributed by atoms with Gasteiger partial charge in [0.2, 0.25) is 0 Å². The molecule has 1 aliphatic carbocycles. The molecule has 114 valence electrons. The molecule has 2 heteroatoms. The van der Waals surface area contributed by atoms with Crippen molar-refractivity contribution in [2.24, 2.45) is 5.92 Å². The second-order valence-electron chi connectivity index (χ2n) is 7.05. The van der Waals surface area contributed by atoms with Crippen LogP contribution in [0.4, 0.5) is 0 Å². The topological polar surface area (TPSA) is 17.0 Å². The third kappa shape index (κ3) is 3.16. The van der Waals surface area contributed by atoms with Crippen LogP contribution in [0.3, 0.4) is 0 Å². The standard InChI is InChI=1S/C19H28N2/c1-13(2)9-10-21-15(4)14(3)18-11-16(5-8-19(18)21)12-20-17-6-7-17/h5,8,11,13,17,20H,6-7,9-10,12H2,1-4H3. The smallest absolute Gasteiger partial charge is 0.0485 e. The van der Waals surface area contributed by atoms with Crippen LogP contribution in [0.1, 0.15) is 49.9 Å². The van der Waals surface area contributed by atoms with E-state index >= 15 is 0 Å². The lowest BCUT2D eigenvalue weighted by molar-refractivity contribution is 0.519. The van der Waals surface area contributed by atoms with Crippen molar-refractivity contribution in [2.75, 3.05) is 0 Å². The summed E-state index contributed by atoms with van der Waals surface area (Å²) in [7, 11) is 0. The molecule has 1 N–H and O–H groups in total. The first kappa shape index (κ1) is 14.6. The molecule has 0 bridgehead atoms. The predicted molar refractivity (Wildman–Crippen MR) is 90.7 cm³/mol. The van der Waals surface area contributed by atoms with Crippen molar-refractivity contribution < 1.29 is 0 Å². The molecule has 1 aliphatic rings. The van der Waals surface area contributed by atoms with Crippen LogP contribution in [0.2, 0.25) is 0 Å². The monoisotopic (exact) mass is 284 g/mol. The Hall–Kier alpha value is -1.28. The lowest BCUT2D eigenvalue weighted by atomic mass is 10.1. The third-order valence-corrected chi connectivity index (χ3v) is 4.81. The summed E-state index contributed by atoms with van der Waals surface area (Å²) in [6.07, 6.45) is 3.95. The number of benzene rings is 1. The minimum Gasteiger partial charge on any atom is -0.345 e. The Labute approximate surface area is 128 Å². The van der Waals surface area contributed by atoms with E-state index in [1.54, 1.807) is 0 Å². The van der Waals surface area contributed by atoms with Crippen molar-refractivity contribution in [3.8, 4) is 0 Å². The number of hydrogen-bond donors (Lipinski definition) is 1. The van der Waals surface area contributed by atoms with Gasteiger partial charge in [-0.3, -0.25) is 0 Å². The lowest BCUT2D eigenvalue weighted by Crippen LogP contribution is -2.15. The molecular weight excluding hydrogens is 256 g/mol. The predicted octanol–water partition coefficient (Wildman–Crippen LogP) is 4.56. The zero-order chi connectivity index (χ0) is 15.0.